The third-order valence-electron chi connectivity index (χ3n) is 4.91. The Morgan fingerprint density at radius 1 is 1.26 bits per heavy atom. The molecule has 1 unspecified atom stereocenters. The second-order valence-corrected chi connectivity index (χ2v) is 7.45. The van der Waals surface area contributed by atoms with E-state index >= 15 is 0 Å². The number of aromatic nitrogens is 2. The van der Waals surface area contributed by atoms with E-state index < -0.39 is 0 Å². The van der Waals surface area contributed by atoms with Crippen LogP contribution in [0.2, 0.25) is 0 Å². The minimum atomic E-state index is -0.0308. The van der Waals surface area contributed by atoms with E-state index in [2.05, 4.69) is 16.0 Å². The number of thiazole rings is 1. The Bertz CT molecular complexity index is 955. The number of benzene rings is 1. The van der Waals surface area contributed by atoms with E-state index in [9.17, 15) is 9.59 Å². The van der Waals surface area contributed by atoms with E-state index in [0.717, 1.165) is 35.4 Å². The smallest absolute Gasteiger partial charge is 0.273 e. The second-order valence-electron chi connectivity index (χ2n) is 6.59. The molecule has 1 fully saturated rings. The summed E-state index contributed by atoms with van der Waals surface area (Å²) in [6, 6.07) is 11.7. The monoisotopic (exact) mass is 377 g/mol. The van der Waals surface area contributed by atoms with Gasteiger partial charge in [0.15, 0.2) is 0 Å². The Hall–Kier alpha value is -2.86. The number of carbonyl (C=O) groups is 2. The molecular formula is C21H19N3O2S. The summed E-state index contributed by atoms with van der Waals surface area (Å²) in [6.07, 6.45) is 5.82. The van der Waals surface area contributed by atoms with Crippen LogP contribution in [-0.2, 0) is 11.2 Å². The molecule has 0 saturated carbocycles. The molecule has 2 aromatic heterocycles. The van der Waals surface area contributed by atoms with Gasteiger partial charge in [0.2, 0.25) is 0 Å². The van der Waals surface area contributed by atoms with Crippen molar-refractivity contribution in [3.8, 4) is 10.6 Å². The summed E-state index contributed by atoms with van der Waals surface area (Å²) in [5.41, 5.74) is 3.50. The molecule has 0 radical (unpaired) electrons. The molecule has 0 bridgehead atoms. The first-order valence-corrected chi connectivity index (χ1v) is 9.81. The standard InChI is InChI=1S/C21H19N3O2S/c25-11-8-15-4-1-2-6-18(15)20-23-19(14-27-20)21(26)24-10-7-17(13-24)16-5-3-9-22-12-16/h1-6,9,11-12,14,17H,7-8,10,13H2. The summed E-state index contributed by atoms with van der Waals surface area (Å²) in [6.45, 7) is 1.42. The zero-order valence-electron chi connectivity index (χ0n) is 14.7. The molecule has 3 aromatic rings. The average molecular weight is 377 g/mol. The van der Waals surface area contributed by atoms with E-state index in [4.69, 9.17) is 0 Å². The van der Waals surface area contributed by atoms with Gasteiger partial charge in [-0.3, -0.25) is 9.78 Å². The molecule has 136 valence electrons. The molecular weight excluding hydrogens is 358 g/mol. The zero-order chi connectivity index (χ0) is 18.6. The molecule has 6 heteroatoms. The lowest BCUT2D eigenvalue weighted by molar-refractivity contribution is -0.107. The minimum absolute atomic E-state index is 0.0308. The van der Waals surface area contributed by atoms with Crippen LogP contribution in [0.3, 0.4) is 0 Å². The molecule has 0 aliphatic carbocycles. The fourth-order valence-electron chi connectivity index (χ4n) is 3.49. The van der Waals surface area contributed by atoms with Crippen LogP contribution in [0.15, 0.2) is 54.2 Å². The summed E-state index contributed by atoms with van der Waals surface area (Å²) in [5.74, 6) is 0.297. The van der Waals surface area contributed by atoms with Gasteiger partial charge in [-0.05, 0) is 23.6 Å². The topological polar surface area (TPSA) is 63.2 Å². The van der Waals surface area contributed by atoms with Gasteiger partial charge in [0.05, 0.1) is 0 Å². The highest BCUT2D eigenvalue weighted by Crippen LogP contribution is 2.30. The summed E-state index contributed by atoms with van der Waals surface area (Å²) >= 11 is 1.44. The fourth-order valence-corrected chi connectivity index (χ4v) is 4.34. The van der Waals surface area contributed by atoms with E-state index in [1.807, 2.05) is 46.8 Å². The Labute approximate surface area is 161 Å². The number of hydrogen-bond acceptors (Lipinski definition) is 5. The molecule has 3 heterocycles. The maximum absolute atomic E-state index is 12.9. The van der Waals surface area contributed by atoms with Gasteiger partial charge in [-0.15, -0.1) is 11.3 Å². The number of carbonyl (C=O) groups excluding carboxylic acids is 2. The van der Waals surface area contributed by atoms with Crippen LogP contribution in [0.5, 0.6) is 0 Å². The average Bonchev–Trinajstić information content (AvgIpc) is 3.39. The molecule has 27 heavy (non-hydrogen) atoms. The molecule has 0 N–H and O–H groups in total. The SMILES string of the molecule is O=CCc1ccccc1-c1nc(C(=O)N2CCC(c3cccnc3)C2)cs1. The molecule has 1 aliphatic heterocycles. The zero-order valence-corrected chi connectivity index (χ0v) is 15.6. The maximum atomic E-state index is 12.9. The number of hydrogen-bond donors (Lipinski definition) is 0. The van der Waals surface area contributed by atoms with Crippen molar-refractivity contribution < 1.29 is 9.59 Å². The van der Waals surface area contributed by atoms with E-state index in [-0.39, 0.29) is 5.91 Å². The van der Waals surface area contributed by atoms with Gasteiger partial charge in [-0.25, -0.2) is 4.98 Å². The van der Waals surface area contributed by atoms with Gasteiger partial charge in [0, 0.05) is 48.8 Å². The molecule has 1 aliphatic rings. The van der Waals surface area contributed by atoms with Crippen LogP contribution >= 0.6 is 11.3 Å². The predicted octanol–water partition coefficient (Wildman–Crippen LogP) is 3.58. The third kappa shape index (κ3) is 3.66. The maximum Gasteiger partial charge on any atom is 0.273 e. The Balaban J connectivity index is 1.51. The number of amides is 1. The fraction of sp³-hybridized carbons (Fsp3) is 0.238. The van der Waals surface area contributed by atoms with Crippen LogP contribution in [-0.4, -0.2) is 40.2 Å². The van der Waals surface area contributed by atoms with Crippen molar-refractivity contribution in [1.82, 2.24) is 14.9 Å². The summed E-state index contributed by atoms with van der Waals surface area (Å²) in [7, 11) is 0. The molecule has 5 nitrogen and oxygen atoms in total. The number of nitrogens with zero attached hydrogens (tertiary/aromatic N) is 3. The van der Waals surface area contributed by atoms with Gasteiger partial charge in [-0.2, -0.15) is 0 Å². The van der Waals surface area contributed by atoms with Gasteiger partial charge in [-0.1, -0.05) is 30.3 Å². The first kappa shape index (κ1) is 17.5. The van der Waals surface area contributed by atoms with Gasteiger partial charge in [0.25, 0.3) is 5.91 Å². The highest BCUT2D eigenvalue weighted by molar-refractivity contribution is 7.13. The lowest BCUT2D eigenvalue weighted by atomic mass is 10.0. The number of aldehydes is 1. The Kier molecular flexibility index (Phi) is 5.07. The Morgan fingerprint density at radius 2 is 2.15 bits per heavy atom. The van der Waals surface area contributed by atoms with Crippen molar-refractivity contribution in [1.29, 1.82) is 0 Å². The first-order chi connectivity index (χ1) is 13.3. The van der Waals surface area contributed by atoms with Crippen LogP contribution in [0.4, 0.5) is 0 Å². The van der Waals surface area contributed by atoms with Crippen LogP contribution in [0.25, 0.3) is 10.6 Å². The van der Waals surface area contributed by atoms with Crippen molar-refractivity contribution >= 4 is 23.5 Å². The van der Waals surface area contributed by atoms with E-state index in [0.29, 0.717) is 24.6 Å². The lowest BCUT2D eigenvalue weighted by Gasteiger charge is -2.15. The molecule has 4 rings (SSSR count). The van der Waals surface area contributed by atoms with Crippen LogP contribution < -0.4 is 0 Å². The van der Waals surface area contributed by atoms with Crippen molar-refractivity contribution in [3.63, 3.8) is 0 Å². The number of likely N-dealkylation sites (tertiary alicyclic amines) is 1. The van der Waals surface area contributed by atoms with Crippen molar-refractivity contribution in [2.45, 2.75) is 18.8 Å². The Morgan fingerprint density at radius 3 is 2.96 bits per heavy atom. The van der Waals surface area contributed by atoms with Crippen molar-refractivity contribution in [3.05, 3.63) is 71.0 Å². The third-order valence-corrected chi connectivity index (χ3v) is 5.78. The van der Waals surface area contributed by atoms with Gasteiger partial charge in [0.1, 0.15) is 17.0 Å². The molecule has 0 spiro atoms. The molecule has 1 saturated heterocycles. The number of pyridine rings is 1. The van der Waals surface area contributed by atoms with Crippen LogP contribution in [0, 0.1) is 0 Å². The highest BCUT2D eigenvalue weighted by atomic mass is 32.1. The molecule has 1 atom stereocenters. The normalized spacial score (nSPS) is 16.4. The summed E-state index contributed by atoms with van der Waals surface area (Å²) < 4.78 is 0. The largest absolute Gasteiger partial charge is 0.337 e. The minimum Gasteiger partial charge on any atom is -0.337 e. The molecule has 1 amide bonds. The first-order valence-electron chi connectivity index (χ1n) is 8.93. The van der Waals surface area contributed by atoms with E-state index in [1.54, 1.807) is 6.20 Å². The summed E-state index contributed by atoms with van der Waals surface area (Å²) in [5, 5.41) is 2.59. The molecule has 1 aromatic carbocycles. The van der Waals surface area contributed by atoms with Crippen molar-refractivity contribution in [2.24, 2.45) is 0 Å². The number of rotatable bonds is 5. The van der Waals surface area contributed by atoms with Gasteiger partial charge >= 0.3 is 0 Å². The van der Waals surface area contributed by atoms with Gasteiger partial charge < -0.3 is 9.69 Å². The summed E-state index contributed by atoms with van der Waals surface area (Å²) in [4.78, 5) is 34.4. The second kappa shape index (κ2) is 7.80. The van der Waals surface area contributed by atoms with Crippen molar-refractivity contribution in [2.75, 3.05) is 13.1 Å². The highest BCUT2D eigenvalue weighted by Gasteiger charge is 2.29. The predicted molar refractivity (Wildman–Crippen MR) is 105 cm³/mol. The lowest BCUT2D eigenvalue weighted by Crippen LogP contribution is -2.28. The van der Waals surface area contributed by atoms with Crippen LogP contribution in [0.1, 0.15) is 34.0 Å². The van der Waals surface area contributed by atoms with E-state index in [1.165, 1.54) is 16.9 Å². The quantitative estimate of drug-likeness (QED) is 0.638.